The average molecular weight is 286 g/mol. The molecular formula is C13H11FN6O. The van der Waals surface area contributed by atoms with Crippen LogP contribution in [0.15, 0.2) is 24.4 Å². The monoisotopic (exact) mass is 286 g/mol. The van der Waals surface area contributed by atoms with Gasteiger partial charge in [0.15, 0.2) is 5.69 Å². The smallest absolute Gasteiger partial charge is 0.277 e. The lowest BCUT2D eigenvalue weighted by Gasteiger charge is -2.26. The van der Waals surface area contributed by atoms with E-state index in [2.05, 4.69) is 20.9 Å². The summed E-state index contributed by atoms with van der Waals surface area (Å²) in [5.41, 5.74) is 0.442. The third-order valence-electron chi connectivity index (χ3n) is 3.23. The highest BCUT2D eigenvalue weighted by molar-refractivity contribution is 6.03. The van der Waals surface area contributed by atoms with Crippen molar-refractivity contribution in [1.82, 2.24) is 20.3 Å². The molecule has 1 aromatic heterocycles. The summed E-state index contributed by atoms with van der Waals surface area (Å²) in [5, 5.41) is 22.3. The zero-order chi connectivity index (χ0) is 14.8. The van der Waals surface area contributed by atoms with E-state index in [1.165, 1.54) is 12.1 Å². The van der Waals surface area contributed by atoms with E-state index in [4.69, 9.17) is 5.26 Å². The van der Waals surface area contributed by atoms with Gasteiger partial charge in [0.05, 0.1) is 23.5 Å². The maximum Gasteiger partial charge on any atom is 0.277 e. The van der Waals surface area contributed by atoms with Gasteiger partial charge < -0.3 is 10.6 Å². The van der Waals surface area contributed by atoms with Crippen molar-refractivity contribution in [3.8, 4) is 6.07 Å². The molecule has 0 atom stereocenters. The van der Waals surface area contributed by atoms with Crippen LogP contribution in [0.25, 0.3) is 0 Å². The van der Waals surface area contributed by atoms with Crippen molar-refractivity contribution >= 4 is 11.6 Å². The third-order valence-corrected chi connectivity index (χ3v) is 3.23. The lowest BCUT2D eigenvalue weighted by molar-refractivity contribution is 0.102. The van der Waals surface area contributed by atoms with Crippen molar-refractivity contribution in [2.75, 3.05) is 18.4 Å². The lowest BCUT2D eigenvalue weighted by atomic mass is 10.2. The van der Waals surface area contributed by atoms with Crippen LogP contribution in [-0.2, 0) is 0 Å². The van der Waals surface area contributed by atoms with Crippen molar-refractivity contribution in [3.63, 3.8) is 0 Å². The molecule has 0 spiro atoms. The van der Waals surface area contributed by atoms with E-state index in [0.29, 0.717) is 0 Å². The molecule has 1 aliphatic heterocycles. The summed E-state index contributed by atoms with van der Waals surface area (Å²) in [6.45, 7) is 1.59. The standard InChI is InChI=1S/C13H11FN6O/c14-9-1-2-11(8(3-9)4-15)17-13(21)12-7-20(19-18-12)10-5-16-6-10/h1-3,7,10,16H,5-6H2,(H,17,21). The summed E-state index contributed by atoms with van der Waals surface area (Å²) in [5.74, 6) is -1.02. The Labute approximate surface area is 119 Å². The highest BCUT2D eigenvalue weighted by Crippen LogP contribution is 2.17. The Morgan fingerprint density at radius 2 is 2.33 bits per heavy atom. The summed E-state index contributed by atoms with van der Waals surface area (Å²) in [6.07, 6.45) is 1.55. The molecule has 1 amide bonds. The first kappa shape index (κ1) is 13.2. The van der Waals surface area contributed by atoms with Gasteiger partial charge in [-0.2, -0.15) is 5.26 Å². The normalized spacial score (nSPS) is 14.3. The van der Waals surface area contributed by atoms with Crippen LogP contribution in [0.3, 0.4) is 0 Å². The zero-order valence-corrected chi connectivity index (χ0v) is 10.9. The first-order chi connectivity index (χ1) is 10.2. The number of nitriles is 1. The van der Waals surface area contributed by atoms with Gasteiger partial charge in [-0.05, 0) is 18.2 Å². The zero-order valence-electron chi connectivity index (χ0n) is 10.9. The molecule has 0 saturated carbocycles. The van der Waals surface area contributed by atoms with Crippen LogP contribution in [0.5, 0.6) is 0 Å². The van der Waals surface area contributed by atoms with Crippen LogP contribution in [0, 0.1) is 17.1 Å². The van der Waals surface area contributed by atoms with Gasteiger partial charge >= 0.3 is 0 Å². The fourth-order valence-corrected chi connectivity index (χ4v) is 1.92. The molecule has 3 rings (SSSR count). The van der Waals surface area contributed by atoms with Crippen molar-refractivity contribution in [2.24, 2.45) is 0 Å². The number of amides is 1. The van der Waals surface area contributed by atoms with Crippen molar-refractivity contribution in [3.05, 3.63) is 41.5 Å². The average Bonchev–Trinajstić information content (AvgIpc) is 2.88. The second-order valence-corrected chi connectivity index (χ2v) is 4.65. The first-order valence-corrected chi connectivity index (χ1v) is 6.31. The van der Waals surface area contributed by atoms with E-state index in [-0.39, 0.29) is 23.0 Å². The molecule has 7 nitrogen and oxygen atoms in total. The van der Waals surface area contributed by atoms with E-state index in [0.717, 1.165) is 19.2 Å². The molecule has 1 saturated heterocycles. The van der Waals surface area contributed by atoms with Gasteiger partial charge in [-0.1, -0.05) is 5.21 Å². The number of halogens is 1. The number of rotatable bonds is 3. The number of benzene rings is 1. The number of anilines is 1. The molecule has 2 heterocycles. The molecule has 0 unspecified atom stereocenters. The van der Waals surface area contributed by atoms with Gasteiger partial charge in [0.1, 0.15) is 11.9 Å². The Bertz CT molecular complexity index is 731. The maximum atomic E-state index is 13.0. The van der Waals surface area contributed by atoms with Crippen LogP contribution in [0.1, 0.15) is 22.1 Å². The highest BCUT2D eigenvalue weighted by Gasteiger charge is 2.22. The van der Waals surface area contributed by atoms with E-state index in [1.54, 1.807) is 10.9 Å². The summed E-state index contributed by atoms with van der Waals surface area (Å²) in [4.78, 5) is 12.1. The molecule has 0 radical (unpaired) electrons. The second-order valence-electron chi connectivity index (χ2n) is 4.65. The van der Waals surface area contributed by atoms with Gasteiger partial charge in [-0.15, -0.1) is 5.10 Å². The van der Waals surface area contributed by atoms with Crippen LogP contribution >= 0.6 is 0 Å². The molecule has 1 fully saturated rings. The summed E-state index contributed by atoms with van der Waals surface area (Å²) in [6, 6.07) is 5.61. The molecule has 2 aromatic rings. The minimum Gasteiger partial charge on any atom is -0.319 e. The fourth-order valence-electron chi connectivity index (χ4n) is 1.92. The third kappa shape index (κ3) is 2.59. The molecule has 0 aliphatic carbocycles. The Morgan fingerprint density at radius 1 is 1.52 bits per heavy atom. The quantitative estimate of drug-likeness (QED) is 0.865. The van der Waals surface area contributed by atoms with Crippen molar-refractivity contribution < 1.29 is 9.18 Å². The molecule has 106 valence electrons. The summed E-state index contributed by atoms with van der Waals surface area (Å²) < 4.78 is 14.7. The molecule has 2 N–H and O–H groups in total. The Hall–Kier alpha value is -2.79. The summed E-state index contributed by atoms with van der Waals surface area (Å²) in [7, 11) is 0. The minimum absolute atomic E-state index is 0.0546. The van der Waals surface area contributed by atoms with E-state index in [9.17, 15) is 9.18 Å². The SMILES string of the molecule is N#Cc1cc(F)ccc1NC(=O)c1cn(C2CNC2)nn1. The Balaban J connectivity index is 1.77. The summed E-state index contributed by atoms with van der Waals surface area (Å²) >= 11 is 0. The van der Waals surface area contributed by atoms with Gasteiger partial charge in [-0.25, -0.2) is 9.07 Å². The number of aromatic nitrogens is 3. The number of carbonyl (C=O) groups is 1. The maximum absolute atomic E-state index is 13.0. The largest absolute Gasteiger partial charge is 0.319 e. The molecule has 8 heteroatoms. The second kappa shape index (κ2) is 5.30. The van der Waals surface area contributed by atoms with Gasteiger partial charge in [-0.3, -0.25) is 4.79 Å². The van der Waals surface area contributed by atoms with Crippen LogP contribution < -0.4 is 10.6 Å². The predicted molar refractivity (Wildman–Crippen MR) is 71.0 cm³/mol. The number of hydrogen-bond acceptors (Lipinski definition) is 5. The van der Waals surface area contributed by atoms with Gasteiger partial charge in [0, 0.05) is 13.1 Å². The topological polar surface area (TPSA) is 95.6 Å². The van der Waals surface area contributed by atoms with Crippen LogP contribution in [0.4, 0.5) is 10.1 Å². The van der Waals surface area contributed by atoms with Crippen molar-refractivity contribution in [2.45, 2.75) is 6.04 Å². The lowest BCUT2D eigenvalue weighted by Crippen LogP contribution is -2.43. The van der Waals surface area contributed by atoms with Crippen LogP contribution in [0.2, 0.25) is 0 Å². The number of hydrogen-bond donors (Lipinski definition) is 2. The number of nitrogens with one attached hydrogen (secondary N) is 2. The van der Waals surface area contributed by atoms with Gasteiger partial charge in [0.2, 0.25) is 0 Å². The van der Waals surface area contributed by atoms with E-state index < -0.39 is 11.7 Å². The molecule has 1 aromatic carbocycles. The van der Waals surface area contributed by atoms with Crippen molar-refractivity contribution in [1.29, 1.82) is 5.26 Å². The predicted octanol–water partition coefficient (Wildman–Crippen LogP) is 0.685. The Kier molecular flexibility index (Phi) is 3.33. The Morgan fingerprint density at radius 3 is 3.00 bits per heavy atom. The van der Waals surface area contributed by atoms with E-state index >= 15 is 0 Å². The number of carbonyl (C=O) groups excluding carboxylic acids is 1. The highest BCUT2D eigenvalue weighted by atomic mass is 19.1. The first-order valence-electron chi connectivity index (χ1n) is 6.31. The minimum atomic E-state index is -0.534. The molecule has 0 bridgehead atoms. The molecule has 21 heavy (non-hydrogen) atoms. The number of nitrogens with zero attached hydrogens (tertiary/aromatic N) is 4. The molecular weight excluding hydrogens is 275 g/mol. The fraction of sp³-hybridized carbons (Fsp3) is 0.231. The molecule has 1 aliphatic rings. The van der Waals surface area contributed by atoms with Gasteiger partial charge in [0.25, 0.3) is 5.91 Å². The van der Waals surface area contributed by atoms with E-state index in [1.807, 2.05) is 6.07 Å². The van der Waals surface area contributed by atoms with Crippen LogP contribution in [-0.4, -0.2) is 34.0 Å².